The fourth-order valence-electron chi connectivity index (χ4n) is 2.62. The van der Waals surface area contributed by atoms with Crippen LogP contribution in [0.15, 0.2) is 24.3 Å². The molecular weight excluding hydrogens is 280 g/mol. The van der Waals surface area contributed by atoms with Gasteiger partial charge in [-0.2, -0.15) is 0 Å². The fourth-order valence-corrected chi connectivity index (χ4v) is 4.27. The van der Waals surface area contributed by atoms with Crippen molar-refractivity contribution in [3.8, 4) is 0 Å². The van der Waals surface area contributed by atoms with E-state index >= 15 is 0 Å². The van der Waals surface area contributed by atoms with Crippen molar-refractivity contribution >= 4 is 15.5 Å². The van der Waals surface area contributed by atoms with Crippen LogP contribution in [0.5, 0.6) is 0 Å². The number of para-hydroxylation sites is 1. The molecule has 2 atom stereocenters. The van der Waals surface area contributed by atoms with E-state index < -0.39 is 14.8 Å². The number of hydrogen-bond acceptors (Lipinski definition) is 5. The zero-order valence-corrected chi connectivity index (χ0v) is 12.1. The van der Waals surface area contributed by atoms with Crippen LogP contribution in [-0.2, 0) is 9.84 Å². The molecule has 0 spiro atoms. The molecule has 2 rings (SSSR count). The Morgan fingerprint density at radius 1 is 1.40 bits per heavy atom. The lowest BCUT2D eigenvalue weighted by molar-refractivity contribution is -0.385. The van der Waals surface area contributed by atoms with Crippen molar-refractivity contribution < 1.29 is 13.3 Å². The van der Waals surface area contributed by atoms with Crippen LogP contribution in [-0.4, -0.2) is 30.9 Å². The van der Waals surface area contributed by atoms with Gasteiger partial charge in [0.15, 0.2) is 9.84 Å². The lowest BCUT2D eigenvalue weighted by Crippen LogP contribution is -2.41. The Bertz CT molecular complexity index is 600. The van der Waals surface area contributed by atoms with Crippen molar-refractivity contribution in [2.24, 2.45) is 0 Å². The molecule has 1 fully saturated rings. The summed E-state index contributed by atoms with van der Waals surface area (Å²) >= 11 is 0. The highest BCUT2D eigenvalue weighted by molar-refractivity contribution is 7.91. The smallest absolute Gasteiger partial charge is 0.274 e. The van der Waals surface area contributed by atoms with E-state index in [9.17, 15) is 18.5 Å². The van der Waals surface area contributed by atoms with Gasteiger partial charge in [0.2, 0.25) is 0 Å². The van der Waals surface area contributed by atoms with Gasteiger partial charge in [0, 0.05) is 23.7 Å². The highest BCUT2D eigenvalue weighted by atomic mass is 32.2. The second kappa shape index (κ2) is 5.88. The van der Waals surface area contributed by atoms with Crippen molar-refractivity contribution in [3.63, 3.8) is 0 Å². The highest BCUT2D eigenvalue weighted by Crippen LogP contribution is 2.25. The van der Waals surface area contributed by atoms with E-state index in [1.807, 2.05) is 6.92 Å². The van der Waals surface area contributed by atoms with Crippen molar-refractivity contribution in [1.82, 2.24) is 5.32 Å². The summed E-state index contributed by atoms with van der Waals surface area (Å²) in [6.07, 6.45) is 1.42. The van der Waals surface area contributed by atoms with Crippen LogP contribution in [0.1, 0.15) is 31.4 Å². The number of rotatable bonds is 4. The van der Waals surface area contributed by atoms with Crippen molar-refractivity contribution in [2.75, 3.05) is 11.5 Å². The number of benzene rings is 1. The lowest BCUT2D eigenvalue weighted by atomic mass is 10.0. The number of sulfone groups is 1. The molecule has 1 saturated heterocycles. The number of nitrogens with zero attached hydrogens (tertiary/aromatic N) is 1. The summed E-state index contributed by atoms with van der Waals surface area (Å²) in [5, 5.41) is 14.2. The van der Waals surface area contributed by atoms with E-state index in [0.29, 0.717) is 12.0 Å². The molecule has 1 heterocycles. The normalized spacial score (nSPS) is 23.1. The summed E-state index contributed by atoms with van der Waals surface area (Å²) in [4.78, 5) is 10.6. The monoisotopic (exact) mass is 298 g/mol. The predicted molar refractivity (Wildman–Crippen MR) is 76.3 cm³/mol. The largest absolute Gasteiger partial charge is 0.306 e. The van der Waals surface area contributed by atoms with E-state index in [-0.39, 0.29) is 29.3 Å². The van der Waals surface area contributed by atoms with Gasteiger partial charge in [-0.1, -0.05) is 18.2 Å². The molecule has 1 aliphatic rings. The molecule has 2 unspecified atom stereocenters. The molecule has 1 aliphatic heterocycles. The van der Waals surface area contributed by atoms with E-state index in [4.69, 9.17) is 0 Å². The third kappa shape index (κ3) is 3.55. The molecule has 0 radical (unpaired) electrons. The number of nitro groups is 1. The molecule has 0 aromatic heterocycles. The maximum Gasteiger partial charge on any atom is 0.274 e. The summed E-state index contributed by atoms with van der Waals surface area (Å²) in [5.74, 6) is 0.350. The van der Waals surface area contributed by atoms with Gasteiger partial charge in [0.1, 0.15) is 0 Å². The molecule has 0 saturated carbocycles. The third-order valence-corrected chi connectivity index (χ3v) is 5.37. The van der Waals surface area contributed by atoms with Crippen LogP contribution >= 0.6 is 0 Å². The summed E-state index contributed by atoms with van der Waals surface area (Å²) in [6, 6.07) is 6.15. The molecule has 1 N–H and O–H groups in total. The Hall–Kier alpha value is -1.47. The van der Waals surface area contributed by atoms with Crippen molar-refractivity contribution in [3.05, 3.63) is 39.9 Å². The van der Waals surface area contributed by atoms with E-state index in [1.165, 1.54) is 6.07 Å². The fraction of sp³-hybridized carbons (Fsp3) is 0.538. The quantitative estimate of drug-likeness (QED) is 0.676. The van der Waals surface area contributed by atoms with Gasteiger partial charge < -0.3 is 5.32 Å². The summed E-state index contributed by atoms with van der Waals surface area (Å²) in [6.45, 7) is 1.82. The van der Waals surface area contributed by atoms with Crippen LogP contribution < -0.4 is 5.32 Å². The molecule has 20 heavy (non-hydrogen) atoms. The molecule has 6 nitrogen and oxygen atoms in total. The minimum Gasteiger partial charge on any atom is -0.306 e. The second-order valence-corrected chi connectivity index (χ2v) is 7.39. The molecule has 1 aromatic rings. The molecule has 0 aliphatic carbocycles. The van der Waals surface area contributed by atoms with E-state index in [1.54, 1.807) is 18.2 Å². The number of hydrogen-bond donors (Lipinski definition) is 1. The van der Waals surface area contributed by atoms with Crippen LogP contribution in [0.2, 0.25) is 0 Å². The second-order valence-electron chi connectivity index (χ2n) is 5.16. The Balaban J connectivity index is 2.12. The molecule has 0 bridgehead atoms. The zero-order chi connectivity index (χ0) is 14.8. The standard InChI is InChI=1S/C13H18N2O4S/c1-10(12-6-2-3-7-13(12)15(16)17)14-11-5-4-8-20(18,19)9-11/h2-3,6-7,10-11,14H,4-5,8-9H2,1H3. The van der Waals surface area contributed by atoms with Gasteiger partial charge >= 0.3 is 0 Å². The Kier molecular flexibility index (Phi) is 4.39. The van der Waals surface area contributed by atoms with Gasteiger partial charge in [-0.05, 0) is 19.8 Å². The van der Waals surface area contributed by atoms with E-state index in [2.05, 4.69) is 5.32 Å². The van der Waals surface area contributed by atoms with Gasteiger partial charge in [-0.15, -0.1) is 0 Å². The average Bonchev–Trinajstić information content (AvgIpc) is 2.37. The zero-order valence-electron chi connectivity index (χ0n) is 11.3. The van der Waals surface area contributed by atoms with E-state index in [0.717, 1.165) is 6.42 Å². The number of nitro benzene ring substituents is 1. The minimum absolute atomic E-state index is 0.0613. The van der Waals surface area contributed by atoms with Gasteiger partial charge in [-0.25, -0.2) is 8.42 Å². The summed E-state index contributed by atoms with van der Waals surface area (Å²) in [7, 11) is -2.98. The Morgan fingerprint density at radius 2 is 2.10 bits per heavy atom. The van der Waals surface area contributed by atoms with Gasteiger partial charge in [-0.3, -0.25) is 10.1 Å². The molecule has 1 aromatic carbocycles. The summed E-state index contributed by atoms with van der Waals surface area (Å²) in [5.41, 5.74) is 0.645. The van der Waals surface area contributed by atoms with Gasteiger partial charge in [0.05, 0.1) is 16.4 Å². The van der Waals surface area contributed by atoms with Crippen LogP contribution in [0.3, 0.4) is 0 Å². The topological polar surface area (TPSA) is 89.3 Å². The molecular formula is C13H18N2O4S. The first-order valence-corrected chi connectivity index (χ1v) is 8.41. The van der Waals surface area contributed by atoms with Crippen LogP contribution in [0.4, 0.5) is 5.69 Å². The first kappa shape index (κ1) is 14.9. The molecule has 7 heteroatoms. The van der Waals surface area contributed by atoms with Crippen molar-refractivity contribution in [1.29, 1.82) is 0 Å². The highest BCUT2D eigenvalue weighted by Gasteiger charge is 2.27. The summed E-state index contributed by atoms with van der Waals surface area (Å²) < 4.78 is 23.2. The maximum absolute atomic E-state index is 11.6. The average molecular weight is 298 g/mol. The van der Waals surface area contributed by atoms with Crippen molar-refractivity contribution in [2.45, 2.75) is 31.8 Å². The Morgan fingerprint density at radius 3 is 2.75 bits per heavy atom. The third-order valence-electron chi connectivity index (χ3n) is 3.55. The van der Waals surface area contributed by atoms with Gasteiger partial charge in [0.25, 0.3) is 5.69 Å². The van der Waals surface area contributed by atoms with Crippen LogP contribution in [0.25, 0.3) is 0 Å². The first-order chi connectivity index (χ1) is 9.39. The molecule has 0 amide bonds. The van der Waals surface area contributed by atoms with Crippen LogP contribution in [0, 0.1) is 10.1 Å². The first-order valence-electron chi connectivity index (χ1n) is 6.59. The SMILES string of the molecule is CC(NC1CCCS(=O)(=O)C1)c1ccccc1[N+](=O)[O-]. The number of nitrogens with one attached hydrogen (secondary N) is 1. The lowest BCUT2D eigenvalue weighted by Gasteiger charge is -2.26. The molecule has 110 valence electrons. The minimum atomic E-state index is -2.98. The Labute approximate surface area is 118 Å². The maximum atomic E-state index is 11.6. The predicted octanol–water partition coefficient (Wildman–Crippen LogP) is 1.82.